The van der Waals surface area contributed by atoms with Gasteiger partial charge in [-0.2, -0.15) is 0 Å². The van der Waals surface area contributed by atoms with Crippen molar-refractivity contribution in [2.45, 2.75) is 25.8 Å². The third-order valence-corrected chi connectivity index (χ3v) is 2.03. The molecular formula is C9H15ClN4. The van der Waals surface area contributed by atoms with Gasteiger partial charge in [0.2, 0.25) is 5.95 Å². The lowest BCUT2D eigenvalue weighted by molar-refractivity contribution is 0.658. The Morgan fingerprint density at radius 1 is 1.50 bits per heavy atom. The Morgan fingerprint density at radius 3 is 2.71 bits per heavy atom. The lowest BCUT2D eigenvalue weighted by Gasteiger charge is -2.12. The molecule has 0 aliphatic carbocycles. The molecule has 14 heavy (non-hydrogen) atoms. The van der Waals surface area contributed by atoms with Gasteiger partial charge in [0, 0.05) is 6.04 Å². The molecule has 3 N–H and O–H groups in total. The van der Waals surface area contributed by atoms with Gasteiger partial charge in [-0.25, -0.2) is 9.97 Å². The van der Waals surface area contributed by atoms with Crippen LogP contribution in [0.5, 0.6) is 0 Å². The third-order valence-electron chi connectivity index (χ3n) is 1.84. The summed E-state index contributed by atoms with van der Waals surface area (Å²) in [6, 6.07) is 0.333. The van der Waals surface area contributed by atoms with Gasteiger partial charge in [0.05, 0.1) is 17.4 Å². The zero-order valence-corrected chi connectivity index (χ0v) is 8.96. The lowest BCUT2D eigenvalue weighted by atomic mass is 10.2. The number of nitrogens with one attached hydrogen (secondary N) is 1. The number of rotatable bonds is 5. The van der Waals surface area contributed by atoms with E-state index in [1.165, 1.54) is 0 Å². The molecule has 0 fully saturated rings. The van der Waals surface area contributed by atoms with Gasteiger partial charge in [-0.1, -0.05) is 11.6 Å². The molecule has 0 saturated carbocycles. The molecule has 0 amide bonds. The van der Waals surface area contributed by atoms with Crippen molar-refractivity contribution in [2.75, 3.05) is 11.9 Å². The molecule has 0 aromatic carbocycles. The van der Waals surface area contributed by atoms with Crippen molar-refractivity contribution < 1.29 is 0 Å². The van der Waals surface area contributed by atoms with Crippen LogP contribution in [0.2, 0.25) is 5.02 Å². The summed E-state index contributed by atoms with van der Waals surface area (Å²) >= 11 is 5.66. The van der Waals surface area contributed by atoms with Crippen molar-refractivity contribution in [2.24, 2.45) is 5.73 Å². The van der Waals surface area contributed by atoms with E-state index < -0.39 is 0 Å². The van der Waals surface area contributed by atoms with Crippen LogP contribution in [-0.4, -0.2) is 22.6 Å². The first kappa shape index (κ1) is 11.2. The second-order valence-electron chi connectivity index (χ2n) is 3.20. The molecule has 78 valence electrons. The van der Waals surface area contributed by atoms with Crippen molar-refractivity contribution in [1.29, 1.82) is 0 Å². The SMILES string of the molecule is CC(CCCN)Nc1ncc(Cl)cn1. The van der Waals surface area contributed by atoms with Crippen LogP contribution in [0.1, 0.15) is 19.8 Å². The Morgan fingerprint density at radius 2 is 2.14 bits per heavy atom. The number of nitrogens with two attached hydrogens (primary N) is 1. The molecule has 0 spiro atoms. The van der Waals surface area contributed by atoms with Crippen molar-refractivity contribution in [3.05, 3.63) is 17.4 Å². The van der Waals surface area contributed by atoms with Crippen molar-refractivity contribution in [3.8, 4) is 0 Å². The highest BCUT2D eigenvalue weighted by Gasteiger charge is 2.02. The maximum absolute atomic E-state index is 5.66. The average molecular weight is 215 g/mol. The summed E-state index contributed by atoms with van der Waals surface area (Å²) in [5.74, 6) is 0.610. The molecule has 1 aromatic heterocycles. The van der Waals surface area contributed by atoms with Gasteiger partial charge >= 0.3 is 0 Å². The summed E-state index contributed by atoms with van der Waals surface area (Å²) in [6.45, 7) is 2.79. The van der Waals surface area contributed by atoms with E-state index >= 15 is 0 Å². The molecule has 0 aliphatic heterocycles. The zero-order valence-electron chi connectivity index (χ0n) is 8.20. The van der Waals surface area contributed by atoms with Gasteiger partial charge in [-0.15, -0.1) is 0 Å². The fourth-order valence-electron chi connectivity index (χ4n) is 1.10. The van der Waals surface area contributed by atoms with Crippen LogP contribution in [0.25, 0.3) is 0 Å². The summed E-state index contributed by atoms with van der Waals surface area (Å²) in [7, 11) is 0. The second-order valence-corrected chi connectivity index (χ2v) is 3.64. The minimum absolute atomic E-state index is 0.333. The summed E-state index contributed by atoms with van der Waals surface area (Å²) in [6.07, 6.45) is 5.17. The van der Waals surface area contributed by atoms with E-state index in [0.29, 0.717) is 23.6 Å². The topological polar surface area (TPSA) is 63.8 Å². The molecule has 1 rings (SSSR count). The summed E-state index contributed by atoms with van der Waals surface area (Å²) in [4.78, 5) is 8.08. The van der Waals surface area contributed by atoms with E-state index in [1.807, 2.05) is 0 Å². The van der Waals surface area contributed by atoms with E-state index in [4.69, 9.17) is 17.3 Å². The van der Waals surface area contributed by atoms with Gasteiger partial charge in [0.1, 0.15) is 0 Å². The number of aromatic nitrogens is 2. The van der Waals surface area contributed by atoms with Crippen LogP contribution < -0.4 is 11.1 Å². The van der Waals surface area contributed by atoms with Gasteiger partial charge in [0.15, 0.2) is 0 Å². The van der Waals surface area contributed by atoms with Gasteiger partial charge in [-0.3, -0.25) is 0 Å². The Balaban J connectivity index is 2.39. The first-order valence-corrected chi connectivity index (χ1v) is 5.04. The summed E-state index contributed by atoms with van der Waals surface area (Å²) < 4.78 is 0. The number of hydrogen-bond donors (Lipinski definition) is 2. The predicted molar refractivity (Wildman–Crippen MR) is 58.4 cm³/mol. The lowest BCUT2D eigenvalue weighted by Crippen LogP contribution is -2.18. The van der Waals surface area contributed by atoms with Crippen LogP contribution in [0, 0.1) is 0 Å². The Bertz CT molecular complexity index is 262. The Hall–Kier alpha value is -0.870. The Kier molecular flexibility index (Phi) is 4.62. The summed E-state index contributed by atoms with van der Waals surface area (Å²) in [5.41, 5.74) is 5.41. The molecule has 4 nitrogen and oxygen atoms in total. The molecule has 1 heterocycles. The van der Waals surface area contributed by atoms with Gasteiger partial charge < -0.3 is 11.1 Å². The van der Waals surface area contributed by atoms with Gasteiger partial charge in [-0.05, 0) is 26.3 Å². The monoisotopic (exact) mass is 214 g/mol. The molecular weight excluding hydrogens is 200 g/mol. The van der Waals surface area contributed by atoms with E-state index in [-0.39, 0.29) is 0 Å². The van der Waals surface area contributed by atoms with Crippen molar-refractivity contribution in [1.82, 2.24) is 9.97 Å². The quantitative estimate of drug-likeness (QED) is 0.783. The molecule has 0 radical (unpaired) electrons. The van der Waals surface area contributed by atoms with E-state index in [0.717, 1.165) is 12.8 Å². The van der Waals surface area contributed by atoms with Crippen LogP contribution in [-0.2, 0) is 0 Å². The predicted octanol–water partition coefficient (Wildman–Crippen LogP) is 1.67. The minimum atomic E-state index is 0.333. The maximum Gasteiger partial charge on any atom is 0.222 e. The highest BCUT2D eigenvalue weighted by molar-refractivity contribution is 6.30. The third kappa shape index (κ3) is 3.89. The van der Waals surface area contributed by atoms with Gasteiger partial charge in [0.25, 0.3) is 0 Å². The van der Waals surface area contributed by atoms with Crippen LogP contribution in [0.3, 0.4) is 0 Å². The first-order valence-electron chi connectivity index (χ1n) is 4.66. The number of nitrogens with zero attached hydrogens (tertiary/aromatic N) is 2. The standard InChI is InChI=1S/C9H15ClN4/c1-7(3-2-4-11)14-9-12-5-8(10)6-13-9/h5-7H,2-4,11H2,1H3,(H,12,13,14). The maximum atomic E-state index is 5.66. The first-order chi connectivity index (χ1) is 6.72. The highest BCUT2D eigenvalue weighted by atomic mass is 35.5. The molecule has 1 atom stereocenters. The van der Waals surface area contributed by atoms with Crippen LogP contribution in [0.4, 0.5) is 5.95 Å². The van der Waals surface area contributed by atoms with E-state index in [2.05, 4.69) is 22.2 Å². The number of halogens is 1. The highest BCUT2D eigenvalue weighted by Crippen LogP contribution is 2.07. The molecule has 0 aliphatic rings. The van der Waals surface area contributed by atoms with E-state index in [9.17, 15) is 0 Å². The molecule has 1 unspecified atom stereocenters. The second kappa shape index (κ2) is 5.78. The molecule has 5 heteroatoms. The van der Waals surface area contributed by atoms with Crippen LogP contribution >= 0.6 is 11.6 Å². The molecule has 0 saturated heterocycles. The number of anilines is 1. The molecule has 0 bridgehead atoms. The fraction of sp³-hybridized carbons (Fsp3) is 0.556. The van der Waals surface area contributed by atoms with Crippen LogP contribution in [0.15, 0.2) is 12.4 Å². The zero-order chi connectivity index (χ0) is 10.4. The average Bonchev–Trinajstić information content (AvgIpc) is 2.18. The fourth-order valence-corrected chi connectivity index (χ4v) is 1.20. The minimum Gasteiger partial charge on any atom is -0.352 e. The smallest absolute Gasteiger partial charge is 0.222 e. The number of hydrogen-bond acceptors (Lipinski definition) is 4. The largest absolute Gasteiger partial charge is 0.352 e. The van der Waals surface area contributed by atoms with Crippen molar-refractivity contribution >= 4 is 17.5 Å². The molecule has 1 aromatic rings. The Labute approximate surface area is 88.9 Å². The van der Waals surface area contributed by atoms with Crippen molar-refractivity contribution in [3.63, 3.8) is 0 Å². The van der Waals surface area contributed by atoms with E-state index in [1.54, 1.807) is 12.4 Å². The normalized spacial score (nSPS) is 12.5. The summed E-state index contributed by atoms with van der Waals surface area (Å²) in [5, 5.41) is 3.71.